The Hall–Kier alpha value is -2.41. The van der Waals surface area contributed by atoms with Crippen molar-refractivity contribution in [3.63, 3.8) is 0 Å². The summed E-state index contributed by atoms with van der Waals surface area (Å²) in [5, 5.41) is 6.70. The Kier molecular flexibility index (Phi) is 7.59. The molecule has 1 aromatic heterocycles. The maximum Gasteiger partial charge on any atom is 0.387 e. The van der Waals surface area contributed by atoms with E-state index in [2.05, 4.69) is 25.3 Å². The lowest BCUT2D eigenvalue weighted by atomic mass is 10.1. The van der Waals surface area contributed by atoms with Gasteiger partial charge in [-0.3, -0.25) is 9.98 Å². The third-order valence-electron chi connectivity index (χ3n) is 3.73. The second-order valence-corrected chi connectivity index (χ2v) is 5.97. The largest absolute Gasteiger partial charge is 0.434 e. The van der Waals surface area contributed by atoms with E-state index >= 15 is 0 Å². The van der Waals surface area contributed by atoms with E-state index in [-0.39, 0.29) is 12.3 Å². The molecule has 0 bridgehead atoms. The Morgan fingerprint density at radius 1 is 1.27 bits per heavy atom. The molecular weight excluding hydrogens is 362 g/mol. The van der Waals surface area contributed by atoms with Crippen LogP contribution in [0.5, 0.6) is 5.75 Å². The summed E-state index contributed by atoms with van der Waals surface area (Å²) in [6.07, 6.45) is 4.40. The third kappa shape index (κ3) is 6.15. The number of halogens is 3. The SMILES string of the molecule is CN=C(NCCc1ccncc1C)NCc1cc(Cl)ccc1OC(F)F. The highest BCUT2D eigenvalue weighted by Crippen LogP contribution is 2.24. The molecule has 1 aromatic carbocycles. The van der Waals surface area contributed by atoms with E-state index in [1.54, 1.807) is 19.3 Å². The molecule has 0 aliphatic rings. The molecule has 2 aromatic rings. The maximum absolute atomic E-state index is 12.5. The van der Waals surface area contributed by atoms with Crippen molar-refractivity contribution >= 4 is 17.6 Å². The molecule has 0 unspecified atom stereocenters. The molecule has 26 heavy (non-hydrogen) atoms. The van der Waals surface area contributed by atoms with Gasteiger partial charge in [0.1, 0.15) is 5.75 Å². The molecule has 0 fully saturated rings. The number of guanidine groups is 1. The van der Waals surface area contributed by atoms with Crippen LogP contribution in [-0.2, 0) is 13.0 Å². The van der Waals surface area contributed by atoms with Crippen molar-refractivity contribution in [2.24, 2.45) is 4.99 Å². The average molecular weight is 383 g/mol. The minimum atomic E-state index is -2.89. The quantitative estimate of drug-likeness (QED) is 0.568. The van der Waals surface area contributed by atoms with E-state index in [0.29, 0.717) is 23.1 Å². The lowest BCUT2D eigenvalue weighted by Gasteiger charge is -2.15. The predicted molar refractivity (Wildman–Crippen MR) is 99.0 cm³/mol. The summed E-state index contributed by atoms with van der Waals surface area (Å²) in [6, 6.07) is 6.49. The van der Waals surface area contributed by atoms with Crippen LogP contribution in [0.4, 0.5) is 8.78 Å². The van der Waals surface area contributed by atoms with Gasteiger partial charge in [-0.1, -0.05) is 11.6 Å². The molecule has 8 heteroatoms. The Bertz CT molecular complexity index is 756. The predicted octanol–water partition coefficient (Wildman–Crippen LogP) is 3.55. The molecule has 140 valence electrons. The van der Waals surface area contributed by atoms with Crippen LogP contribution in [0.15, 0.2) is 41.7 Å². The van der Waals surface area contributed by atoms with Crippen LogP contribution >= 0.6 is 11.6 Å². The number of nitrogens with one attached hydrogen (secondary N) is 2. The molecule has 0 amide bonds. The molecule has 2 N–H and O–H groups in total. The van der Waals surface area contributed by atoms with Gasteiger partial charge in [-0.25, -0.2) is 0 Å². The second kappa shape index (κ2) is 9.91. The molecular formula is C18H21ClF2N4O. The van der Waals surface area contributed by atoms with E-state index < -0.39 is 6.61 Å². The average Bonchev–Trinajstić information content (AvgIpc) is 2.61. The van der Waals surface area contributed by atoms with Gasteiger partial charge in [-0.05, 0) is 48.7 Å². The van der Waals surface area contributed by atoms with Crippen LogP contribution < -0.4 is 15.4 Å². The number of benzene rings is 1. The van der Waals surface area contributed by atoms with Crippen LogP contribution in [0.25, 0.3) is 0 Å². The van der Waals surface area contributed by atoms with Crippen molar-refractivity contribution in [1.82, 2.24) is 15.6 Å². The summed E-state index contributed by atoms with van der Waals surface area (Å²) in [5.41, 5.74) is 2.85. The number of ether oxygens (including phenoxy) is 1. The first kappa shape index (κ1) is 19.9. The van der Waals surface area contributed by atoms with Gasteiger partial charge in [-0.15, -0.1) is 0 Å². The highest BCUT2D eigenvalue weighted by molar-refractivity contribution is 6.30. The smallest absolute Gasteiger partial charge is 0.387 e. The van der Waals surface area contributed by atoms with E-state index in [1.807, 2.05) is 19.2 Å². The fraction of sp³-hybridized carbons (Fsp3) is 0.333. The molecule has 0 aliphatic carbocycles. The molecule has 0 spiro atoms. The Morgan fingerprint density at radius 2 is 2.08 bits per heavy atom. The topological polar surface area (TPSA) is 58.5 Å². The van der Waals surface area contributed by atoms with Gasteiger partial charge in [0.25, 0.3) is 0 Å². The summed E-state index contributed by atoms with van der Waals surface area (Å²) in [4.78, 5) is 8.20. The molecule has 0 saturated heterocycles. The number of hydrogen-bond donors (Lipinski definition) is 2. The summed E-state index contributed by atoms with van der Waals surface area (Å²) in [7, 11) is 1.64. The first-order valence-electron chi connectivity index (χ1n) is 8.07. The first-order valence-corrected chi connectivity index (χ1v) is 8.44. The van der Waals surface area contributed by atoms with Crippen molar-refractivity contribution in [2.75, 3.05) is 13.6 Å². The fourth-order valence-electron chi connectivity index (χ4n) is 2.39. The minimum absolute atomic E-state index is 0.0831. The highest BCUT2D eigenvalue weighted by Gasteiger charge is 2.11. The van der Waals surface area contributed by atoms with Crippen LogP contribution in [0.3, 0.4) is 0 Å². The second-order valence-electron chi connectivity index (χ2n) is 5.54. The van der Waals surface area contributed by atoms with Crippen molar-refractivity contribution in [1.29, 1.82) is 0 Å². The monoisotopic (exact) mass is 382 g/mol. The van der Waals surface area contributed by atoms with E-state index in [0.717, 1.165) is 12.0 Å². The lowest BCUT2D eigenvalue weighted by Crippen LogP contribution is -2.38. The van der Waals surface area contributed by atoms with Crippen molar-refractivity contribution in [3.8, 4) is 5.75 Å². The number of aliphatic imine (C=N–C) groups is 1. The molecule has 0 saturated carbocycles. The van der Waals surface area contributed by atoms with Gasteiger partial charge < -0.3 is 15.4 Å². The van der Waals surface area contributed by atoms with Gasteiger partial charge in [0, 0.05) is 43.1 Å². The zero-order chi connectivity index (χ0) is 18.9. The summed E-state index contributed by atoms with van der Waals surface area (Å²) in [6.45, 7) is 0.0341. The standard InChI is InChI=1S/C18H21ClF2N4O/c1-12-10-23-7-5-13(12)6-8-24-18(22-2)25-11-14-9-15(19)3-4-16(14)26-17(20)21/h3-5,7,9-10,17H,6,8,11H2,1-2H3,(H2,22,24,25). The summed E-state index contributed by atoms with van der Waals surface area (Å²) >= 11 is 5.95. The van der Waals surface area contributed by atoms with Gasteiger partial charge in [-0.2, -0.15) is 8.78 Å². The molecule has 0 atom stereocenters. The number of hydrogen-bond acceptors (Lipinski definition) is 3. The fourth-order valence-corrected chi connectivity index (χ4v) is 2.59. The zero-order valence-electron chi connectivity index (χ0n) is 14.6. The number of alkyl halides is 2. The normalized spacial score (nSPS) is 11.5. The Labute approximate surface area is 156 Å². The number of rotatable bonds is 7. The number of aromatic nitrogens is 1. The third-order valence-corrected chi connectivity index (χ3v) is 3.97. The number of nitrogens with zero attached hydrogens (tertiary/aromatic N) is 2. The number of aryl methyl sites for hydroxylation is 1. The molecule has 2 rings (SSSR count). The van der Waals surface area contributed by atoms with Crippen LogP contribution in [0, 0.1) is 6.92 Å². The van der Waals surface area contributed by atoms with Crippen LogP contribution in [0.1, 0.15) is 16.7 Å². The molecule has 0 aliphatic heterocycles. The van der Waals surface area contributed by atoms with E-state index in [4.69, 9.17) is 11.6 Å². The summed E-state index contributed by atoms with van der Waals surface area (Å²) < 4.78 is 29.5. The molecule has 1 heterocycles. The van der Waals surface area contributed by atoms with Gasteiger partial charge in [0.05, 0.1) is 0 Å². The van der Waals surface area contributed by atoms with Gasteiger partial charge in [0.15, 0.2) is 5.96 Å². The van der Waals surface area contributed by atoms with E-state index in [1.165, 1.54) is 17.7 Å². The summed E-state index contributed by atoms with van der Waals surface area (Å²) in [5.74, 6) is 0.638. The number of pyridine rings is 1. The van der Waals surface area contributed by atoms with Gasteiger partial charge >= 0.3 is 6.61 Å². The Morgan fingerprint density at radius 3 is 2.77 bits per heavy atom. The Balaban J connectivity index is 1.91. The molecule has 0 radical (unpaired) electrons. The molecule has 5 nitrogen and oxygen atoms in total. The van der Waals surface area contributed by atoms with E-state index in [9.17, 15) is 8.78 Å². The maximum atomic E-state index is 12.5. The minimum Gasteiger partial charge on any atom is -0.434 e. The van der Waals surface area contributed by atoms with Crippen molar-refractivity contribution < 1.29 is 13.5 Å². The highest BCUT2D eigenvalue weighted by atomic mass is 35.5. The zero-order valence-corrected chi connectivity index (χ0v) is 15.4. The van der Waals surface area contributed by atoms with Crippen LogP contribution in [0.2, 0.25) is 5.02 Å². The van der Waals surface area contributed by atoms with Crippen LogP contribution in [-0.4, -0.2) is 31.1 Å². The van der Waals surface area contributed by atoms with Gasteiger partial charge in [0.2, 0.25) is 0 Å². The first-order chi connectivity index (χ1) is 12.5. The van der Waals surface area contributed by atoms with Crippen molar-refractivity contribution in [2.45, 2.75) is 26.5 Å². The van der Waals surface area contributed by atoms with Crippen molar-refractivity contribution in [3.05, 3.63) is 58.4 Å². The lowest BCUT2D eigenvalue weighted by molar-refractivity contribution is -0.0504.